The molecule has 5 heteroatoms. The van der Waals surface area contributed by atoms with E-state index in [0.29, 0.717) is 17.7 Å². The lowest BCUT2D eigenvalue weighted by Gasteiger charge is -2.36. The van der Waals surface area contributed by atoms with Crippen LogP contribution in [0.3, 0.4) is 0 Å². The number of aryl methyl sites for hydroxylation is 2. The van der Waals surface area contributed by atoms with Gasteiger partial charge in [-0.15, -0.1) is 23.2 Å². The molecule has 1 aromatic heterocycles. The highest BCUT2D eigenvalue weighted by molar-refractivity contribution is 6.31. The van der Waals surface area contributed by atoms with Gasteiger partial charge in [-0.1, -0.05) is 24.4 Å². The normalized spacial score (nSPS) is 17.3. The summed E-state index contributed by atoms with van der Waals surface area (Å²) in [5.41, 5.74) is 1.89. The molecule has 0 unspecified atom stereocenters. The molecular formula is C14H21Cl3N2. The average Bonchev–Trinajstić information content (AvgIpc) is 3.00. The predicted molar refractivity (Wildman–Crippen MR) is 82.5 cm³/mol. The summed E-state index contributed by atoms with van der Waals surface area (Å²) in [5, 5.41) is 5.15. The molecule has 1 fully saturated rings. The molecular weight excluding hydrogens is 303 g/mol. The van der Waals surface area contributed by atoms with Crippen molar-refractivity contribution in [3.63, 3.8) is 0 Å². The molecule has 108 valence electrons. The second-order valence-electron chi connectivity index (χ2n) is 5.76. The molecule has 1 aromatic rings. The van der Waals surface area contributed by atoms with Crippen LogP contribution < -0.4 is 0 Å². The smallest absolute Gasteiger partial charge is 0.0847 e. The summed E-state index contributed by atoms with van der Waals surface area (Å²) in [4.78, 5) is 0. The van der Waals surface area contributed by atoms with Crippen molar-refractivity contribution in [3.8, 4) is 0 Å². The Bertz CT molecular complexity index is 432. The SMILES string of the molecule is Cc1nn(C)c(CC(CCl)(CCl)C2CCCC2)c1Cl. The number of rotatable bonds is 5. The van der Waals surface area contributed by atoms with Gasteiger partial charge in [-0.25, -0.2) is 0 Å². The van der Waals surface area contributed by atoms with Crippen molar-refractivity contribution in [2.24, 2.45) is 18.4 Å². The summed E-state index contributed by atoms with van der Waals surface area (Å²) in [5.74, 6) is 1.78. The fraction of sp³-hybridized carbons (Fsp3) is 0.786. The minimum absolute atomic E-state index is 0.0521. The summed E-state index contributed by atoms with van der Waals surface area (Å²) in [6.45, 7) is 1.93. The van der Waals surface area contributed by atoms with Crippen molar-refractivity contribution in [2.45, 2.75) is 39.0 Å². The number of hydrogen-bond acceptors (Lipinski definition) is 1. The van der Waals surface area contributed by atoms with E-state index >= 15 is 0 Å². The minimum Gasteiger partial charge on any atom is -0.271 e. The lowest BCUT2D eigenvalue weighted by Crippen LogP contribution is -2.36. The Morgan fingerprint density at radius 2 is 1.84 bits per heavy atom. The maximum atomic E-state index is 6.37. The van der Waals surface area contributed by atoms with Crippen LogP contribution >= 0.6 is 34.8 Å². The van der Waals surface area contributed by atoms with Gasteiger partial charge in [0.1, 0.15) is 0 Å². The second kappa shape index (κ2) is 6.24. The van der Waals surface area contributed by atoms with Gasteiger partial charge in [0.15, 0.2) is 0 Å². The highest BCUT2D eigenvalue weighted by atomic mass is 35.5. The molecule has 1 aliphatic carbocycles. The van der Waals surface area contributed by atoms with Crippen molar-refractivity contribution in [1.82, 2.24) is 9.78 Å². The minimum atomic E-state index is -0.0521. The first-order chi connectivity index (χ1) is 9.04. The fourth-order valence-corrected chi connectivity index (χ4v) is 4.37. The molecule has 0 atom stereocenters. The summed E-state index contributed by atoms with van der Waals surface area (Å²) < 4.78 is 1.88. The molecule has 1 aliphatic rings. The highest BCUT2D eigenvalue weighted by Gasteiger charge is 2.40. The first-order valence-corrected chi connectivity index (χ1v) is 8.28. The highest BCUT2D eigenvalue weighted by Crippen LogP contribution is 2.45. The van der Waals surface area contributed by atoms with E-state index in [0.717, 1.165) is 22.8 Å². The molecule has 1 saturated carbocycles. The molecule has 0 saturated heterocycles. The summed E-state index contributed by atoms with van der Waals surface area (Å²) in [7, 11) is 1.94. The van der Waals surface area contributed by atoms with E-state index in [4.69, 9.17) is 34.8 Å². The standard InChI is InChI=1S/C14H21Cl3N2/c1-10-13(17)12(19(2)18-10)7-14(8-15,9-16)11-5-3-4-6-11/h11H,3-9H2,1-2H3. The maximum absolute atomic E-state index is 6.37. The number of alkyl halides is 2. The lowest BCUT2D eigenvalue weighted by molar-refractivity contribution is 0.220. The topological polar surface area (TPSA) is 17.8 Å². The van der Waals surface area contributed by atoms with E-state index in [1.54, 1.807) is 0 Å². The van der Waals surface area contributed by atoms with Crippen LogP contribution in [0.15, 0.2) is 0 Å². The Morgan fingerprint density at radius 1 is 1.26 bits per heavy atom. The van der Waals surface area contributed by atoms with Crippen molar-refractivity contribution in [1.29, 1.82) is 0 Å². The molecule has 2 rings (SSSR count). The third kappa shape index (κ3) is 2.91. The number of aromatic nitrogens is 2. The molecule has 0 radical (unpaired) electrons. The Balaban J connectivity index is 2.29. The van der Waals surface area contributed by atoms with Crippen LogP contribution in [0.2, 0.25) is 5.02 Å². The van der Waals surface area contributed by atoms with Crippen LogP contribution in [0.25, 0.3) is 0 Å². The van der Waals surface area contributed by atoms with Crippen molar-refractivity contribution in [3.05, 3.63) is 16.4 Å². The zero-order chi connectivity index (χ0) is 14.0. The molecule has 1 heterocycles. The van der Waals surface area contributed by atoms with Gasteiger partial charge in [0.05, 0.1) is 16.4 Å². The molecule has 19 heavy (non-hydrogen) atoms. The largest absolute Gasteiger partial charge is 0.271 e. The van der Waals surface area contributed by atoms with Crippen LogP contribution in [0, 0.1) is 18.3 Å². The van der Waals surface area contributed by atoms with E-state index in [2.05, 4.69) is 5.10 Å². The Morgan fingerprint density at radius 3 is 2.26 bits per heavy atom. The Kier molecular flexibility index (Phi) is 5.08. The van der Waals surface area contributed by atoms with E-state index in [1.807, 2.05) is 18.7 Å². The second-order valence-corrected chi connectivity index (χ2v) is 6.67. The molecule has 2 nitrogen and oxygen atoms in total. The molecule has 0 aliphatic heterocycles. The van der Waals surface area contributed by atoms with Gasteiger partial charge in [0.25, 0.3) is 0 Å². The van der Waals surface area contributed by atoms with Crippen molar-refractivity contribution >= 4 is 34.8 Å². The van der Waals surface area contributed by atoms with E-state index in [1.165, 1.54) is 25.7 Å². The van der Waals surface area contributed by atoms with E-state index in [-0.39, 0.29) is 5.41 Å². The monoisotopic (exact) mass is 322 g/mol. The van der Waals surface area contributed by atoms with Gasteiger partial charge >= 0.3 is 0 Å². The van der Waals surface area contributed by atoms with Crippen LogP contribution in [-0.4, -0.2) is 21.5 Å². The molecule has 0 N–H and O–H groups in total. The maximum Gasteiger partial charge on any atom is 0.0847 e. The summed E-state index contributed by atoms with van der Waals surface area (Å²) >= 11 is 19.0. The van der Waals surface area contributed by atoms with Gasteiger partial charge in [-0.05, 0) is 32.1 Å². The first-order valence-electron chi connectivity index (χ1n) is 6.84. The van der Waals surface area contributed by atoms with Crippen molar-refractivity contribution < 1.29 is 0 Å². The third-order valence-electron chi connectivity index (χ3n) is 4.53. The molecule has 0 bridgehead atoms. The van der Waals surface area contributed by atoms with Crippen LogP contribution in [-0.2, 0) is 13.5 Å². The lowest BCUT2D eigenvalue weighted by atomic mass is 9.74. The number of halogens is 3. The average molecular weight is 324 g/mol. The number of hydrogen-bond donors (Lipinski definition) is 0. The van der Waals surface area contributed by atoms with Gasteiger partial charge < -0.3 is 0 Å². The quantitative estimate of drug-likeness (QED) is 0.725. The van der Waals surface area contributed by atoms with Gasteiger partial charge in [-0.2, -0.15) is 5.10 Å². The Hall–Kier alpha value is 0.0800. The van der Waals surface area contributed by atoms with E-state index in [9.17, 15) is 0 Å². The van der Waals surface area contributed by atoms with Gasteiger partial charge in [0.2, 0.25) is 0 Å². The van der Waals surface area contributed by atoms with Gasteiger partial charge in [-0.3, -0.25) is 4.68 Å². The van der Waals surface area contributed by atoms with E-state index < -0.39 is 0 Å². The first kappa shape index (κ1) is 15.5. The summed E-state index contributed by atoms with van der Waals surface area (Å²) in [6.07, 6.45) is 5.86. The molecule has 0 spiro atoms. The number of nitrogens with zero attached hydrogens (tertiary/aromatic N) is 2. The van der Waals surface area contributed by atoms with Crippen molar-refractivity contribution in [2.75, 3.05) is 11.8 Å². The zero-order valence-electron chi connectivity index (χ0n) is 11.6. The fourth-order valence-electron chi connectivity index (χ4n) is 3.24. The van der Waals surface area contributed by atoms with Crippen LogP contribution in [0.4, 0.5) is 0 Å². The Labute approximate surface area is 130 Å². The van der Waals surface area contributed by atoms with Gasteiger partial charge in [0, 0.05) is 24.2 Å². The molecule has 0 aromatic carbocycles. The zero-order valence-corrected chi connectivity index (χ0v) is 13.8. The van der Waals surface area contributed by atoms with Crippen LogP contribution in [0.5, 0.6) is 0 Å². The van der Waals surface area contributed by atoms with Crippen LogP contribution in [0.1, 0.15) is 37.1 Å². The molecule has 0 amide bonds. The summed E-state index contributed by atoms with van der Waals surface area (Å²) in [6, 6.07) is 0. The third-order valence-corrected chi connectivity index (χ3v) is 6.09. The predicted octanol–water partition coefficient (Wildman–Crippen LogP) is 4.58.